The molecule has 0 aliphatic heterocycles. The summed E-state index contributed by atoms with van der Waals surface area (Å²) >= 11 is 5.85. The van der Waals surface area contributed by atoms with E-state index in [9.17, 15) is 0 Å². The Bertz CT molecular complexity index is 245. The van der Waals surface area contributed by atoms with Crippen molar-refractivity contribution in [2.45, 2.75) is 32.1 Å². The third-order valence-electron chi connectivity index (χ3n) is 1.76. The van der Waals surface area contributed by atoms with E-state index in [-0.39, 0.29) is 5.38 Å². The molecule has 1 nitrogen and oxygen atoms in total. The molecule has 0 aliphatic rings. The molecule has 0 aromatic carbocycles. The molecule has 1 aromatic heterocycles. The van der Waals surface area contributed by atoms with Crippen molar-refractivity contribution in [1.29, 1.82) is 0 Å². The van der Waals surface area contributed by atoms with Gasteiger partial charge in [-0.2, -0.15) is 0 Å². The van der Waals surface area contributed by atoms with Gasteiger partial charge in [0.25, 0.3) is 0 Å². The summed E-state index contributed by atoms with van der Waals surface area (Å²) < 4.78 is 0. The maximum absolute atomic E-state index is 5.85. The number of hydrogen-bond acceptors (Lipinski definition) is 1. The van der Waals surface area contributed by atoms with E-state index in [1.807, 2.05) is 19.3 Å². The van der Waals surface area contributed by atoms with Crippen LogP contribution in [0.5, 0.6) is 0 Å². The summed E-state index contributed by atoms with van der Waals surface area (Å²) in [6.07, 6.45) is 5.83. The molecule has 66 valence electrons. The zero-order valence-electron chi connectivity index (χ0n) is 7.55. The lowest BCUT2D eigenvalue weighted by Gasteiger charge is -2.02. The largest absolute Gasteiger partial charge is 0.264 e. The minimum Gasteiger partial charge on any atom is -0.264 e. The molecule has 0 bridgehead atoms. The second kappa shape index (κ2) is 4.46. The van der Waals surface area contributed by atoms with Crippen molar-refractivity contribution in [1.82, 2.24) is 4.98 Å². The lowest BCUT2D eigenvalue weighted by atomic mass is 10.1. The van der Waals surface area contributed by atoms with Gasteiger partial charge in [0.05, 0.1) is 0 Å². The third-order valence-corrected chi connectivity index (χ3v) is 1.98. The Labute approximate surface area is 78.8 Å². The predicted octanol–water partition coefficient (Wildman–Crippen LogP) is 2.95. The number of aryl methyl sites for hydroxylation is 2. The number of nitrogens with zero attached hydrogens (tertiary/aromatic N) is 1. The van der Waals surface area contributed by atoms with E-state index in [0.717, 1.165) is 12.8 Å². The SMILES string of the molecule is Cc1cncc(CCC(C)Cl)c1. The highest BCUT2D eigenvalue weighted by atomic mass is 35.5. The van der Waals surface area contributed by atoms with Gasteiger partial charge >= 0.3 is 0 Å². The number of alkyl halides is 1. The van der Waals surface area contributed by atoms with E-state index in [0.29, 0.717) is 0 Å². The Morgan fingerprint density at radius 1 is 1.50 bits per heavy atom. The number of halogens is 1. The Balaban J connectivity index is 2.52. The molecule has 1 aromatic rings. The fourth-order valence-corrected chi connectivity index (χ4v) is 1.23. The van der Waals surface area contributed by atoms with Crippen molar-refractivity contribution >= 4 is 11.6 Å². The smallest absolute Gasteiger partial charge is 0.0311 e. The average molecular weight is 184 g/mol. The molecule has 1 atom stereocenters. The highest BCUT2D eigenvalue weighted by Gasteiger charge is 1.98. The highest BCUT2D eigenvalue weighted by molar-refractivity contribution is 6.20. The van der Waals surface area contributed by atoms with Crippen LogP contribution < -0.4 is 0 Å². The van der Waals surface area contributed by atoms with Gasteiger partial charge in [-0.3, -0.25) is 4.98 Å². The van der Waals surface area contributed by atoms with E-state index < -0.39 is 0 Å². The molecule has 0 amide bonds. The van der Waals surface area contributed by atoms with E-state index in [2.05, 4.69) is 18.0 Å². The standard InChI is InChI=1S/C10H14ClN/c1-8-5-10(7-12-6-8)4-3-9(2)11/h5-7,9H,3-4H2,1-2H3. The van der Waals surface area contributed by atoms with Gasteiger partial charge in [-0.15, -0.1) is 11.6 Å². The molecule has 12 heavy (non-hydrogen) atoms. The lowest BCUT2D eigenvalue weighted by molar-refractivity contribution is 0.799. The van der Waals surface area contributed by atoms with Crippen LogP contribution in [0.2, 0.25) is 0 Å². The van der Waals surface area contributed by atoms with Gasteiger partial charge in [0.1, 0.15) is 0 Å². The molecule has 0 N–H and O–H groups in total. The van der Waals surface area contributed by atoms with Crippen LogP contribution in [0.4, 0.5) is 0 Å². The maximum atomic E-state index is 5.85. The lowest BCUT2D eigenvalue weighted by Crippen LogP contribution is -1.95. The molecule has 0 radical (unpaired) electrons. The first-order valence-electron chi connectivity index (χ1n) is 4.23. The summed E-state index contributed by atoms with van der Waals surface area (Å²) in [5.41, 5.74) is 2.50. The van der Waals surface area contributed by atoms with Crippen molar-refractivity contribution < 1.29 is 0 Å². The number of hydrogen-bond donors (Lipinski definition) is 0. The summed E-state index contributed by atoms with van der Waals surface area (Å²) in [7, 11) is 0. The minimum absolute atomic E-state index is 0.255. The van der Waals surface area contributed by atoms with Gasteiger partial charge in [0.2, 0.25) is 0 Å². The van der Waals surface area contributed by atoms with E-state index in [1.54, 1.807) is 0 Å². The molecule has 1 heterocycles. The normalized spacial score (nSPS) is 12.9. The maximum Gasteiger partial charge on any atom is 0.0311 e. The average Bonchev–Trinajstić information content (AvgIpc) is 2.01. The van der Waals surface area contributed by atoms with Gasteiger partial charge in [0.15, 0.2) is 0 Å². The van der Waals surface area contributed by atoms with Gasteiger partial charge in [-0.25, -0.2) is 0 Å². The zero-order valence-corrected chi connectivity index (χ0v) is 8.30. The first-order chi connectivity index (χ1) is 5.68. The van der Waals surface area contributed by atoms with E-state index >= 15 is 0 Å². The second-order valence-corrected chi connectivity index (χ2v) is 3.94. The predicted molar refractivity (Wildman–Crippen MR) is 52.6 cm³/mol. The van der Waals surface area contributed by atoms with Crippen LogP contribution in [-0.4, -0.2) is 10.4 Å². The fraction of sp³-hybridized carbons (Fsp3) is 0.500. The first kappa shape index (κ1) is 9.53. The number of aromatic nitrogens is 1. The molecule has 0 spiro atoms. The molecule has 0 fully saturated rings. The van der Waals surface area contributed by atoms with Crippen LogP contribution in [0.15, 0.2) is 18.5 Å². The van der Waals surface area contributed by atoms with Gasteiger partial charge in [-0.05, 0) is 37.8 Å². The van der Waals surface area contributed by atoms with Gasteiger partial charge < -0.3 is 0 Å². The molecular weight excluding hydrogens is 170 g/mol. The van der Waals surface area contributed by atoms with Gasteiger partial charge in [-0.1, -0.05) is 6.07 Å². The van der Waals surface area contributed by atoms with Crippen molar-refractivity contribution in [2.24, 2.45) is 0 Å². The number of pyridine rings is 1. The monoisotopic (exact) mass is 183 g/mol. The molecule has 0 saturated heterocycles. The zero-order chi connectivity index (χ0) is 8.97. The van der Waals surface area contributed by atoms with Crippen LogP contribution in [0.25, 0.3) is 0 Å². The quantitative estimate of drug-likeness (QED) is 0.657. The van der Waals surface area contributed by atoms with Crippen molar-refractivity contribution in [3.8, 4) is 0 Å². The molecular formula is C10H14ClN. The highest BCUT2D eigenvalue weighted by Crippen LogP contribution is 2.08. The molecule has 0 saturated carbocycles. The minimum atomic E-state index is 0.255. The third kappa shape index (κ3) is 3.22. The van der Waals surface area contributed by atoms with Gasteiger partial charge in [0, 0.05) is 17.8 Å². The Kier molecular flexibility index (Phi) is 3.54. The van der Waals surface area contributed by atoms with Crippen LogP contribution in [-0.2, 0) is 6.42 Å². The Morgan fingerprint density at radius 3 is 2.83 bits per heavy atom. The topological polar surface area (TPSA) is 12.9 Å². The van der Waals surface area contributed by atoms with Crippen molar-refractivity contribution in [3.63, 3.8) is 0 Å². The van der Waals surface area contributed by atoms with Crippen LogP contribution in [0.1, 0.15) is 24.5 Å². The Morgan fingerprint density at radius 2 is 2.25 bits per heavy atom. The second-order valence-electron chi connectivity index (χ2n) is 3.19. The van der Waals surface area contributed by atoms with Crippen LogP contribution >= 0.6 is 11.6 Å². The number of rotatable bonds is 3. The first-order valence-corrected chi connectivity index (χ1v) is 4.66. The molecule has 1 rings (SSSR count). The van der Waals surface area contributed by atoms with Crippen LogP contribution in [0, 0.1) is 6.92 Å². The van der Waals surface area contributed by atoms with E-state index in [4.69, 9.17) is 11.6 Å². The summed E-state index contributed by atoms with van der Waals surface area (Å²) in [6, 6.07) is 2.16. The molecule has 1 unspecified atom stereocenters. The van der Waals surface area contributed by atoms with Crippen molar-refractivity contribution in [3.05, 3.63) is 29.6 Å². The molecule has 2 heteroatoms. The molecule has 0 aliphatic carbocycles. The summed E-state index contributed by atoms with van der Waals surface area (Å²) in [4.78, 5) is 4.12. The summed E-state index contributed by atoms with van der Waals surface area (Å²) in [5.74, 6) is 0. The van der Waals surface area contributed by atoms with Crippen LogP contribution in [0.3, 0.4) is 0 Å². The fourth-order valence-electron chi connectivity index (χ4n) is 1.12. The Hall–Kier alpha value is -0.560. The summed E-state index contributed by atoms with van der Waals surface area (Å²) in [6.45, 7) is 4.07. The summed E-state index contributed by atoms with van der Waals surface area (Å²) in [5, 5.41) is 0.255. The van der Waals surface area contributed by atoms with E-state index in [1.165, 1.54) is 11.1 Å². The van der Waals surface area contributed by atoms with Crippen molar-refractivity contribution in [2.75, 3.05) is 0 Å².